The zero-order chi connectivity index (χ0) is 10.9. The highest BCUT2D eigenvalue weighted by Crippen LogP contribution is 2.42. The summed E-state index contributed by atoms with van der Waals surface area (Å²) < 4.78 is 5.06. The molecule has 5 nitrogen and oxygen atoms in total. The second-order valence-electron chi connectivity index (χ2n) is 4.07. The Kier molecular flexibility index (Phi) is 2.46. The van der Waals surface area contributed by atoms with Crippen molar-refractivity contribution in [2.45, 2.75) is 44.4 Å². The van der Waals surface area contributed by atoms with Crippen LogP contribution in [0.25, 0.3) is 0 Å². The van der Waals surface area contributed by atoms with Crippen molar-refractivity contribution in [3.63, 3.8) is 0 Å². The van der Waals surface area contributed by atoms with Gasteiger partial charge in [0.15, 0.2) is 0 Å². The Bertz CT molecular complexity index is 366. The molecule has 5 heteroatoms. The summed E-state index contributed by atoms with van der Waals surface area (Å²) in [5, 5.41) is 12.2. The minimum atomic E-state index is -1.13. The van der Waals surface area contributed by atoms with Gasteiger partial charge in [-0.25, -0.2) is 4.79 Å². The SMILES string of the molecule is CCC1(c2nc(C(=O)O)no2)CCCC1. The predicted molar refractivity (Wildman–Crippen MR) is 51.7 cm³/mol. The van der Waals surface area contributed by atoms with Crippen molar-refractivity contribution in [3.05, 3.63) is 11.7 Å². The van der Waals surface area contributed by atoms with E-state index in [9.17, 15) is 4.79 Å². The second kappa shape index (κ2) is 3.64. The molecule has 1 saturated carbocycles. The molecular formula is C10H14N2O3. The molecule has 2 rings (SSSR count). The van der Waals surface area contributed by atoms with Gasteiger partial charge >= 0.3 is 5.97 Å². The van der Waals surface area contributed by atoms with Crippen molar-refractivity contribution in [2.75, 3.05) is 0 Å². The molecule has 0 radical (unpaired) electrons. The number of nitrogens with zero attached hydrogens (tertiary/aromatic N) is 2. The summed E-state index contributed by atoms with van der Waals surface area (Å²) in [7, 11) is 0. The van der Waals surface area contributed by atoms with Crippen LogP contribution in [-0.4, -0.2) is 21.2 Å². The van der Waals surface area contributed by atoms with Gasteiger partial charge in [-0.2, -0.15) is 4.98 Å². The molecule has 1 aromatic rings. The van der Waals surface area contributed by atoms with Crippen molar-refractivity contribution in [1.29, 1.82) is 0 Å². The minimum absolute atomic E-state index is 0.0687. The Morgan fingerprint density at radius 1 is 1.53 bits per heavy atom. The lowest BCUT2D eigenvalue weighted by molar-refractivity contribution is 0.0680. The maximum atomic E-state index is 10.6. The predicted octanol–water partition coefficient (Wildman–Crippen LogP) is 1.99. The van der Waals surface area contributed by atoms with Crippen molar-refractivity contribution in [1.82, 2.24) is 10.1 Å². The van der Waals surface area contributed by atoms with Gasteiger partial charge in [0.05, 0.1) is 0 Å². The summed E-state index contributed by atoms with van der Waals surface area (Å²) in [5.41, 5.74) is -0.0687. The van der Waals surface area contributed by atoms with E-state index in [4.69, 9.17) is 9.63 Å². The topological polar surface area (TPSA) is 76.2 Å². The van der Waals surface area contributed by atoms with E-state index in [1.165, 1.54) is 0 Å². The van der Waals surface area contributed by atoms with Gasteiger partial charge in [-0.15, -0.1) is 0 Å². The first kappa shape index (κ1) is 10.1. The Balaban J connectivity index is 2.30. The van der Waals surface area contributed by atoms with E-state index in [1.54, 1.807) is 0 Å². The average molecular weight is 210 g/mol. The van der Waals surface area contributed by atoms with Crippen LogP contribution < -0.4 is 0 Å². The van der Waals surface area contributed by atoms with Crippen LogP contribution in [0.15, 0.2) is 4.52 Å². The Morgan fingerprint density at radius 3 is 2.67 bits per heavy atom. The summed E-state index contributed by atoms with van der Waals surface area (Å²) in [5.74, 6) is -0.862. The highest BCUT2D eigenvalue weighted by atomic mass is 16.5. The Labute approximate surface area is 87.5 Å². The lowest BCUT2D eigenvalue weighted by atomic mass is 9.83. The molecule has 0 aromatic carbocycles. The largest absolute Gasteiger partial charge is 0.475 e. The molecule has 0 saturated heterocycles. The molecule has 0 unspecified atom stereocenters. The second-order valence-corrected chi connectivity index (χ2v) is 4.07. The van der Waals surface area contributed by atoms with Gasteiger partial charge < -0.3 is 9.63 Å². The zero-order valence-electron chi connectivity index (χ0n) is 8.69. The highest BCUT2D eigenvalue weighted by molar-refractivity contribution is 5.82. The van der Waals surface area contributed by atoms with E-state index >= 15 is 0 Å². The molecule has 82 valence electrons. The molecule has 0 spiro atoms. The third kappa shape index (κ3) is 1.62. The molecule has 1 aliphatic rings. The third-order valence-corrected chi connectivity index (χ3v) is 3.31. The summed E-state index contributed by atoms with van der Waals surface area (Å²) in [6, 6.07) is 0. The number of hydrogen-bond acceptors (Lipinski definition) is 4. The number of hydrogen-bond donors (Lipinski definition) is 1. The van der Waals surface area contributed by atoms with Crippen molar-refractivity contribution in [2.24, 2.45) is 0 Å². The summed E-state index contributed by atoms with van der Waals surface area (Å²) >= 11 is 0. The van der Waals surface area contributed by atoms with Crippen molar-refractivity contribution < 1.29 is 14.4 Å². The fourth-order valence-electron chi connectivity index (χ4n) is 2.30. The molecule has 1 heterocycles. The van der Waals surface area contributed by atoms with Crippen LogP contribution in [0.1, 0.15) is 55.5 Å². The number of carboxylic acid groups (broad SMARTS) is 1. The molecule has 15 heavy (non-hydrogen) atoms. The van der Waals surface area contributed by atoms with Crippen LogP contribution >= 0.6 is 0 Å². The molecule has 1 aromatic heterocycles. The maximum absolute atomic E-state index is 10.6. The van der Waals surface area contributed by atoms with E-state index in [0.717, 1.165) is 32.1 Å². The number of rotatable bonds is 3. The van der Waals surface area contributed by atoms with Crippen LogP contribution in [0.4, 0.5) is 0 Å². The zero-order valence-corrected chi connectivity index (χ0v) is 8.69. The smallest absolute Gasteiger partial charge is 0.377 e. The molecule has 0 aliphatic heterocycles. The average Bonchev–Trinajstić information content (AvgIpc) is 2.87. The Morgan fingerprint density at radius 2 is 2.20 bits per heavy atom. The monoisotopic (exact) mass is 210 g/mol. The normalized spacial score (nSPS) is 19.3. The van der Waals surface area contributed by atoms with Gasteiger partial charge in [0, 0.05) is 5.41 Å². The maximum Gasteiger partial charge on any atom is 0.377 e. The molecule has 1 aliphatic carbocycles. The van der Waals surface area contributed by atoms with Gasteiger partial charge in [-0.1, -0.05) is 19.8 Å². The van der Waals surface area contributed by atoms with E-state index in [1.807, 2.05) is 0 Å². The molecular weight excluding hydrogens is 196 g/mol. The van der Waals surface area contributed by atoms with Gasteiger partial charge in [-0.05, 0) is 24.4 Å². The standard InChI is InChI=1S/C10H14N2O3/c1-2-10(5-3-4-6-10)9-11-7(8(13)14)12-15-9/h2-6H2,1H3,(H,13,14). The first-order valence-corrected chi connectivity index (χ1v) is 5.25. The van der Waals surface area contributed by atoms with Gasteiger partial charge in [0.2, 0.25) is 5.89 Å². The van der Waals surface area contributed by atoms with E-state index in [2.05, 4.69) is 17.1 Å². The molecule has 0 atom stereocenters. The van der Waals surface area contributed by atoms with Crippen LogP contribution in [0, 0.1) is 0 Å². The fourth-order valence-corrected chi connectivity index (χ4v) is 2.30. The Hall–Kier alpha value is -1.39. The number of aromatic nitrogens is 2. The van der Waals surface area contributed by atoms with Gasteiger partial charge in [0.1, 0.15) is 0 Å². The molecule has 1 fully saturated rings. The summed E-state index contributed by atoms with van der Waals surface area (Å²) in [6.07, 6.45) is 5.26. The summed E-state index contributed by atoms with van der Waals surface area (Å²) in [6.45, 7) is 2.08. The van der Waals surface area contributed by atoms with Crippen LogP contribution in [-0.2, 0) is 5.41 Å². The number of carboxylic acids is 1. The number of aromatic carboxylic acids is 1. The van der Waals surface area contributed by atoms with E-state index in [0.29, 0.717) is 5.89 Å². The summed E-state index contributed by atoms with van der Waals surface area (Å²) in [4.78, 5) is 14.6. The molecule has 0 amide bonds. The lowest BCUT2D eigenvalue weighted by Gasteiger charge is -2.21. The first-order valence-electron chi connectivity index (χ1n) is 5.25. The van der Waals surface area contributed by atoms with Crippen LogP contribution in [0.3, 0.4) is 0 Å². The van der Waals surface area contributed by atoms with E-state index in [-0.39, 0.29) is 11.2 Å². The first-order chi connectivity index (χ1) is 7.18. The molecule has 1 N–H and O–H groups in total. The molecule has 0 bridgehead atoms. The number of carbonyl (C=O) groups is 1. The third-order valence-electron chi connectivity index (χ3n) is 3.31. The highest BCUT2D eigenvalue weighted by Gasteiger charge is 2.39. The lowest BCUT2D eigenvalue weighted by Crippen LogP contribution is -2.21. The van der Waals surface area contributed by atoms with Gasteiger partial charge in [0.25, 0.3) is 5.82 Å². The van der Waals surface area contributed by atoms with Gasteiger partial charge in [-0.3, -0.25) is 0 Å². The van der Waals surface area contributed by atoms with Crippen LogP contribution in [0.5, 0.6) is 0 Å². The van der Waals surface area contributed by atoms with E-state index < -0.39 is 5.97 Å². The minimum Gasteiger partial charge on any atom is -0.475 e. The van der Waals surface area contributed by atoms with Crippen molar-refractivity contribution >= 4 is 5.97 Å². The fraction of sp³-hybridized carbons (Fsp3) is 0.700. The quantitative estimate of drug-likeness (QED) is 0.825. The van der Waals surface area contributed by atoms with Crippen LogP contribution in [0.2, 0.25) is 0 Å². The van der Waals surface area contributed by atoms with Crippen molar-refractivity contribution in [3.8, 4) is 0 Å².